The topological polar surface area (TPSA) is 30.9 Å². The highest BCUT2D eigenvalue weighted by Crippen LogP contribution is 2.54. The molecular weight excluding hydrogens is 597 g/mol. The average Bonchev–Trinajstić information content (AvgIpc) is 3.52. The van der Waals surface area contributed by atoms with Crippen LogP contribution in [-0.2, 0) is 0 Å². The number of aliphatic imine (C=N–C) groups is 1. The molecule has 3 aliphatic heterocycles. The van der Waals surface area contributed by atoms with E-state index in [0.717, 1.165) is 42.8 Å². The molecule has 49 heavy (non-hydrogen) atoms. The van der Waals surface area contributed by atoms with Crippen molar-refractivity contribution >= 4 is 22.9 Å². The number of fused-ring (bicyclic) bond motifs is 7. The molecule has 3 aliphatic carbocycles. The van der Waals surface area contributed by atoms with E-state index in [1.54, 1.807) is 0 Å². The first kappa shape index (κ1) is 28.6. The van der Waals surface area contributed by atoms with Gasteiger partial charge in [0.2, 0.25) is 0 Å². The van der Waals surface area contributed by atoms with E-state index in [1.165, 1.54) is 51.5 Å². The minimum absolute atomic E-state index is 0.148. The number of benzene rings is 4. The summed E-state index contributed by atoms with van der Waals surface area (Å²) in [6, 6.07) is 37.5. The highest BCUT2D eigenvalue weighted by molar-refractivity contribution is 6.16. The van der Waals surface area contributed by atoms with Gasteiger partial charge in [-0.15, -0.1) is 0 Å². The summed E-state index contributed by atoms with van der Waals surface area (Å²) in [5, 5.41) is 3.72. The molecule has 4 nitrogen and oxygen atoms in total. The van der Waals surface area contributed by atoms with Crippen LogP contribution < -0.4 is 15.1 Å². The van der Waals surface area contributed by atoms with Gasteiger partial charge in [-0.3, -0.25) is 0 Å². The summed E-state index contributed by atoms with van der Waals surface area (Å²) in [5.74, 6) is 2.20. The van der Waals surface area contributed by atoms with E-state index >= 15 is 0 Å². The minimum atomic E-state index is -0.148. The lowest BCUT2D eigenvalue weighted by molar-refractivity contribution is 0.502. The lowest BCUT2D eigenvalue weighted by Crippen LogP contribution is -2.41. The summed E-state index contributed by atoms with van der Waals surface area (Å²) >= 11 is 0. The van der Waals surface area contributed by atoms with Crippen LogP contribution in [0.1, 0.15) is 72.4 Å². The van der Waals surface area contributed by atoms with Crippen molar-refractivity contribution in [3.63, 3.8) is 0 Å². The number of hydrogen-bond donors (Lipinski definition) is 1. The van der Waals surface area contributed by atoms with Gasteiger partial charge in [-0.25, -0.2) is 4.99 Å². The molecule has 0 fully saturated rings. The SMILES string of the molecule is C1=CC(N2C3=CCC(C4=CC5C(C=C4)c4ccccc4N5C4=NC(c5ccccc5)Nc5ccccc54)CC3c3ccccc32)=CCCC1. The Morgan fingerprint density at radius 2 is 1.53 bits per heavy atom. The summed E-state index contributed by atoms with van der Waals surface area (Å²) in [6.07, 6.45) is 22.8. The van der Waals surface area contributed by atoms with Crippen molar-refractivity contribution in [1.82, 2.24) is 0 Å². The fraction of sp³-hybridized carbons (Fsp3) is 0.222. The summed E-state index contributed by atoms with van der Waals surface area (Å²) in [4.78, 5) is 10.6. The lowest BCUT2D eigenvalue weighted by atomic mass is 9.75. The van der Waals surface area contributed by atoms with Crippen LogP contribution in [-0.4, -0.2) is 11.9 Å². The van der Waals surface area contributed by atoms with E-state index in [-0.39, 0.29) is 18.1 Å². The zero-order chi connectivity index (χ0) is 32.3. The Labute approximate surface area is 289 Å². The monoisotopic (exact) mass is 636 g/mol. The van der Waals surface area contributed by atoms with Gasteiger partial charge < -0.3 is 15.1 Å². The molecule has 0 saturated carbocycles. The highest BCUT2D eigenvalue weighted by atomic mass is 15.3. The van der Waals surface area contributed by atoms with Crippen molar-refractivity contribution in [2.45, 2.75) is 56.1 Å². The number of anilines is 3. The van der Waals surface area contributed by atoms with Crippen LogP contribution in [0.5, 0.6) is 0 Å². The molecule has 240 valence electrons. The molecule has 4 aromatic rings. The Morgan fingerprint density at radius 1 is 0.735 bits per heavy atom. The fourth-order valence-corrected chi connectivity index (χ4v) is 9.09. The third kappa shape index (κ3) is 4.68. The van der Waals surface area contributed by atoms with Gasteiger partial charge in [0.1, 0.15) is 12.0 Å². The van der Waals surface area contributed by atoms with Gasteiger partial charge in [0.25, 0.3) is 0 Å². The van der Waals surface area contributed by atoms with Crippen molar-refractivity contribution in [1.29, 1.82) is 0 Å². The van der Waals surface area contributed by atoms with Gasteiger partial charge in [0.05, 0.1) is 6.04 Å². The molecule has 4 heteroatoms. The molecule has 0 saturated heterocycles. The third-order valence-electron chi connectivity index (χ3n) is 11.4. The van der Waals surface area contributed by atoms with Crippen LogP contribution in [0.15, 0.2) is 168 Å². The number of nitrogens with one attached hydrogen (secondary N) is 1. The van der Waals surface area contributed by atoms with E-state index in [2.05, 4.69) is 161 Å². The van der Waals surface area contributed by atoms with E-state index in [0.29, 0.717) is 11.8 Å². The van der Waals surface area contributed by atoms with E-state index in [1.807, 2.05) is 0 Å². The van der Waals surface area contributed by atoms with Gasteiger partial charge in [0.15, 0.2) is 0 Å². The average molecular weight is 637 g/mol. The molecule has 5 unspecified atom stereocenters. The quantitative estimate of drug-likeness (QED) is 0.243. The van der Waals surface area contributed by atoms with Crippen LogP contribution in [0.4, 0.5) is 17.1 Å². The van der Waals surface area contributed by atoms with Crippen molar-refractivity contribution in [3.8, 4) is 0 Å². The second-order valence-electron chi connectivity index (χ2n) is 14.1. The molecule has 5 atom stereocenters. The van der Waals surface area contributed by atoms with Crippen molar-refractivity contribution < 1.29 is 0 Å². The molecule has 0 spiro atoms. The van der Waals surface area contributed by atoms with E-state index < -0.39 is 0 Å². The Bertz CT molecular complexity index is 2130. The predicted molar refractivity (Wildman–Crippen MR) is 202 cm³/mol. The molecular formula is C45H40N4. The van der Waals surface area contributed by atoms with Gasteiger partial charge in [-0.1, -0.05) is 115 Å². The van der Waals surface area contributed by atoms with E-state index in [4.69, 9.17) is 4.99 Å². The largest absolute Gasteiger partial charge is 0.359 e. The van der Waals surface area contributed by atoms with Crippen molar-refractivity contribution in [2.24, 2.45) is 10.9 Å². The van der Waals surface area contributed by atoms with Crippen LogP contribution >= 0.6 is 0 Å². The molecule has 4 aromatic carbocycles. The van der Waals surface area contributed by atoms with Crippen LogP contribution in [0.25, 0.3) is 0 Å². The number of nitrogens with zero attached hydrogens (tertiary/aromatic N) is 3. The van der Waals surface area contributed by atoms with Gasteiger partial charge in [-0.2, -0.15) is 0 Å². The smallest absolute Gasteiger partial charge is 0.147 e. The molecule has 0 amide bonds. The zero-order valence-electron chi connectivity index (χ0n) is 27.6. The second-order valence-corrected chi connectivity index (χ2v) is 14.1. The van der Waals surface area contributed by atoms with E-state index in [9.17, 15) is 0 Å². The third-order valence-corrected chi connectivity index (χ3v) is 11.4. The first-order valence-electron chi connectivity index (χ1n) is 18.0. The predicted octanol–water partition coefficient (Wildman–Crippen LogP) is 10.5. The first-order valence-corrected chi connectivity index (χ1v) is 18.0. The van der Waals surface area contributed by atoms with Gasteiger partial charge >= 0.3 is 0 Å². The summed E-state index contributed by atoms with van der Waals surface area (Å²) in [6.45, 7) is 0. The Morgan fingerprint density at radius 3 is 2.45 bits per heavy atom. The molecule has 3 heterocycles. The number of para-hydroxylation sites is 3. The Hall–Kier alpha value is -5.35. The fourth-order valence-electron chi connectivity index (χ4n) is 9.09. The molecule has 1 N–H and O–H groups in total. The number of amidine groups is 1. The van der Waals surface area contributed by atoms with Gasteiger partial charge in [0, 0.05) is 45.9 Å². The van der Waals surface area contributed by atoms with Crippen LogP contribution in [0, 0.1) is 5.92 Å². The Balaban J connectivity index is 1.03. The van der Waals surface area contributed by atoms with Crippen LogP contribution in [0.2, 0.25) is 0 Å². The second kappa shape index (κ2) is 11.7. The number of allylic oxidation sites excluding steroid dienone is 7. The van der Waals surface area contributed by atoms with Crippen molar-refractivity contribution in [3.05, 3.63) is 185 Å². The molecule has 10 rings (SSSR count). The Kier molecular flexibility index (Phi) is 6.82. The maximum Gasteiger partial charge on any atom is 0.147 e. The maximum atomic E-state index is 5.48. The first-order chi connectivity index (χ1) is 24.3. The molecule has 0 bridgehead atoms. The number of hydrogen-bond acceptors (Lipinski definition) is 4. The minimum Gasteiger partial charge on any atom is -0.359 e. The standard InChI is InChI=1S/C45H40N4/c1-2-7-17-33(16-6-1)48-40-22-12-10-19-35(40)38-28-31(25-27-42(38)48)32-24-26-36-34-18-9-13-23-41(34)49(43(36)29-32)45-37-20-8-11-21-39(37)46-44(47-45)30-14-4-3-5-15-30/h3-6,8-24,26-27,29,31,36,38,43-44,46H,1-2,7,25,28H2. The van der Waals surface area contributed by atoms with Crippen LogP contribution in [0.3, 0.4) is 0 Å². The molecule has 0 radical (unpaired) electrons. The summed E-state index contributed by atoms with van der Waals surface area (Å²) in [7, 11) is 0. The molecule has 6 aliphatic rings. The number of rotatable bonds is 3. The maximum absolute atomic E-state index is 5.48. The normalized spacial score (nSPS) is 26.2. The summed E-state index contributed by atoms with van der Waals surface area (Å²) < 4.78 is 0. The van der Waals surface area contributed by atoms with Gasteiger partial charge in [-0.05, 0) is 90.6 Å². The zero-order valence-corrected chi connectivity index (χ0v) is 27.6. The highest BCUT2D eigenvalue weighted by Gasteiger charge is 2.44. The lowest BCUT2D eigenvalue weighted by Gasteiger charge is -2.37. The van der Waals surface area contributed by atoms with Crippen molar-refractivity contribution in [2.75, 3.05) is 15.1 Å². The summed E-state index contributed by atoms with van der Waals surface area (Å²) in [5.41, 5.74) is 13.2. The molecule has 0 aromatic heterocycles.